The van der Waals surface area contributed by atoms with E-state index < -0.39 is 0 Å². The van der Waals surface area contributed by atoms with Gasteiger partial charge in [-0.2, -0.15) is 0 Å². The van der Waals surface area contributed by atoms with Crippen molar-refractivity contribution >= 4 is 28.8 Å². The van der Waals surface area contributed by atoms with E-state index in [0.29, 0.717) is 19.5 Å². The molecular formula is C20H25N3O2S. The van der Waals surface area contributed by atoms with Gasteiger partial charge in [-0.1, -0.05) is 18.2 Å². The second-order valence-electron chi connectivity index (χ2n) is 6.62. The molecule has 2 amide bonds. The molecule has 138 valence electrons. The van der Waals surface area contributed by atoms with Crippen molar-refractivity contribution in [2.24, 2.45) is 0 Å². The number of hydrogen-bond donors (Lipinski definition) is 1. The van der Waals surface area contributed by atoms with Crippen molar-refractivity contribution in [3.63, 3.8) is 0 Å². The van der Waals surface area contributed by atoms with E-state index in [1.54, 1.807) is 11.3 Å². The third-order valence-electron chi connectivity index (χ3n) is 4.90. The zero-order chi connectivity index (χ0) is 18.5. The number of nitrogens with zero attached hydrogens (tertiary/aromatic N) is 2. The van der Waals surface area contributed by atoms with Gasteiger partial charge >= 0.3 is 0 Å². The summed E-state index contributed by atoms with van der Waals surface area (Å²) in [5, 5.41) is 4.69. The highest BCUT2D eigenvalue weighted by molar-refractivity contribution is 7.10. The highest BCUT2D eigenvalue weighted by Crippen LogP contribution is 2.23. The first kappa shape index (κ1) is 18.5. The van der Waals surface area contributed by atoms with Crippen molar-refractivity contribution in [2.75, 3.05) is 37.6 Å². The zero-order valence-electron chi connectivity index (χ0n) is 15.3. The minimum atomic E-state index is -0.102. The summed E-state index contributed by atoms with van der Waals surface area (Å²) >= 11 is 1.55. The van der Waals surface area contributed by atoms with E-state index in [1.165, 1.54) is 16.8 Å². The zero-order valence-corrected chi connectivity index (χ0v) is 16.1. The molecule has 1 aromatic heterocycles. The number of piperazine rings is 1. The Bertz CT molecular complexity index is 765. The number of benzene rings is 1. The third kappa shape index (κ3) is 4.43. The quantitative estimate of drug-likeness (QED) is 0.878. The summed E-state index contributed by atoms with van der Waals surface area (Å²) in [7, 11) is 0. The van der Waals surface area contributed by atoms with Crippen LogP contribution in [0.1, 0.15) is 16.0 Å². The SMILES string of the molecule is Cc1cccc(N2CCN(C(=O)CNC(=O)Cc3cccs3)CC2)c1C. The van der Waals surface area contributed by atoms with Gasteiger partial charge in [0.2, 0.25) is 11.8 Å². The summed E-state index contributed by atoms with van der Waals surface area (Å²) in [6, 6.07) is 10.2. The molecule has 2 aromatic rings. The number of anilines is 1. The van der Waals surface area contributed by atoms with Crippen molar-refractivity contribution in [1.29, 1.82) is 0 Å². The molecule has 2 heterocycles. The summed E-state index contributed by atoms with van der Waals surface area (Å²) in [6.45, 7) is 7.36. The first-order chi connectivity index (χ1) is 12.5. The van der Waals surface area contributed by atoms with Gasteiger partial charge < -0.3 is 15.1 Å². The van der Waals surface area contributed by atoms with Crippen molar-refractivity contribution in [3.8, 4) is 0 Å². The van der Waals surface area contributed by atoms with E-state index in [9.17, 15) is 9.59 Å². The fourth-order valence-electron chi connectivity index (χ4n) is 3.19. The minimum Gasteiger partial charge on any atom is -0.368 e. The molecule has 1 aliphatic heterocycles. The predicted octanol–water partition coefficient (Wildman–Crippen LogP) is 2.37. The number of aryl methyl sites for hydroxylation is 1. The Morgan fingerprint density at radius 3 is 2.54 bits per heavy atom. The minimum absolute atomic E-state index is 0.00913. The Hall–Kier alpha value is -2.34. The molecule has 1 aliphatic rings. The lowest BCUT2D eigenvalue weighted by atomic mass is 10.1. The third-order valence-corrected chi connectivity index (χ3v) is 5.78. The van der Waals surface area contributed by atoms with Crippen molar-refractivity contribution in [2.45, 2.75) is 20.3 Å². The molecule has 0 atom stereocenters. The average Bonchev–Trinajstić information content (AvgIpc) is 3.15. The molecular weight excluding hydrogens is 346 g/mol. The van der Waals surface area contributed by atoms with Gasteiger partial charge in [-0.15, -0.1) is 11.3 Å². The highest BCUT2D eigenvalue weighted by atomic mass is 32.1. The lowest BCUT2D eigenvalue weighted by Crippen LogP contribution is -2.51. The van der Waals surface area contributed by atoms with Crippen LogP contribution in [0.4, 0.5) is 5.69 Å². The molecule has 5 nitrogen and oxygen atoms in total. The second-order valence-corrected chi connectivity index (χ2v) is 7.65. The summed E-state index contributed by atoms with van der Waals surface area (Å²) < 4.78 is 0. The largest absolute Gasteiger partial charge is 0.368 e. The topological polar surface area (TPSA) is 52.6 Å². The number of carbonyl (C=O) groups excluding carboxylic acids is 2. The first-order valence-corrected chi connectivity index (χ1v) is 9.80. The van der Waals surface area contributed by atoms with Crippen molar-refractivity contribution < 1.29 is 9.59 Å². The van der Waals surface area contributed by atoms with Gasteiger partial charge in [0.1, 0.15) is 0 Å². The van der Waals surface area contributed by atoms with Crippen LogP contribution < -0.4 is 10.2 Å². The Balaban J connectivity index is 1.46. The molecule has 0 unspecified atom stereocenters. The fourth-order valence-corrected chi connectivity index (χ4v) is 3.90. The van der Waals surface area contributed by atoms with Crippen LogP contribution in [0.2, 0.25) is 0 Å². The van der Waals surface area contributed by atoms with Crippen LogP contribution in [0.15, 0.2) is 35.7 Å². The molecule has 1 fully saturated rings. The smallest absolute Gasteiger partial charge is 0.242 e. The van der Waals surface area contributed by atoms with Crippen LogP contribution in [-0.4, -0.2) is 49.4 Å². The maximum Gasteiger partial charge on any atom is 0.242 e. The fraction of sp³-hybridized carbons (Fsp3) is 0.400. The molecule has 6 heteroatoms. The van der Waals surface area contributed by atoms with Crippen molar-refractivity contribution in [3.05, 3.63) is 51.7 Å². The number of nitrogens with one attached hydrogen (secondary N) is 1. The Morgan fingerprint density at radius 1 is 1.08 bits per heavy atom. The summed E-state index contributed by atoms with van der Waals surface area (Å²) in [4.78, 5) is 29.5. The number of rotatable bonds is 5. The van der Waals surface area contributed by atoms with Gasteiger partial charge in [0.25, 0.3) is 0 Å². The van der Waals surface area contributed by atoms with Crippen LogP contribution in [0, 0.1) is 13.8 Å². The Morgan fingerprint density at radius 2 is 1.85 bits per heavy atom. The molecule has 1 saturated heterocycles. The van der Waals surface area contributed by atoms with Gasteiger partial charge in [0.15, 0.2) is 0 Å². The number of thiophene rings is 1. The Labute approximate surface area is 158 Å². The van der Waals surface area contributed by atoms with Gasteiger partial charge in [-0.05, 0) is 42.5 Å². The molecule has 0 spiro atoms. The monoisotopic (exact) mass is 371 g/mol. The molecule has 0 bridgehead atoms. The van der Waals surface area contributed by atoms with Gasteiger partial charge in [0, 0.05) is 36.7 Å². The summed E-state index contributed by atoms with van der Waals surface area (Å²) in [5.41, 5.74) is 3.84. The number of carbonyl (C=O) groups is 2. The van der Waals surface area contributed by atoms with E-state index in [-0.39, 0.29) is 18.4 Å². The number of hydrogen-bond acceptors (Lipinski definition) is 4. The molecule has 0 aliphatic carbocycles. The van der Waals surface area contributed by atoms with Crippen LogP contribution in [0.25, 0.3) is 0 Å². The normalized spacial score (nSPS) is 14.4. The van der Waals surface area contributed by atoms with Crippen LogP contribution in [0.5, 0.6) is 0 Å². The molecule has 26 heavy (non-hydrogen) atoms. The molecule has 1 N–H and O–H groups in total. The molecule has 0 radical (unpaired) electrons. The average molecular weight is 372 g/mol. The van der Waals surface area contributed by atoms with Gasteiger partial charge in [-0.3, -0.25) is 9.59 Å². The summed E-state index contributed by atoms with van der Waals surface area (Å²) in [5.74, 6) is -0.111. The van der Waals surface area contributed by atoms with E-state index in [1.807, 2.05) is 22.4 Å². The number of amides is 2. The van der Waals surface area contributed by atoms with Crippen LogP contribution in [-0.2, 0) is 16.0 Å². The lowest BCUT2D eigenvalue weighted by molar-refractivity contribution is -0.133. The van der Waals surface area contributed by atoms with Gasteiger partial charge in [0.05, 0.1) is 13.0 Å². The summed E-state index contributed by atoms with van der Waals surface area (Å²) in [6.07, 6.45) is 0.339. The van der Waals surface area contributed by atoms with E-state index in [0.717, 1.165) is 18.0 Å². The molecule has 1 aromatic carbocycles. The van der Waals surface area contributed by atoms with Crippen molar-refractivity contribution in [1.82, 2.24) is 10.2 Å². The first-order valence-electron chi connectivity index (χ1n) is 8.92. The van der Waals surface area contributed by atoms with E-state index in [4.69, 9.17) is 0 Å². The highest BCUT2D eigenvalue weighted by Gasteiger charge is 2.22. The predicted molar refractivity (Wildman–Crippen MR) is 106 cm³/mol. The maximum absolute atomic E-state index is 12.4. The van der Waals surface area contributed by atoms with Crippen LogP contribution >= 0.6 is 11.3 Å². The van der Waals surface area contributed by atoms with Crippen LogP contribution in [0.3, 0.4) is 0 Å². The molecule has 0 saturated carbocycles. The van der Waals surface area contributed by atoms with Gasteiger partial charge in [-0.25, -0.2) is 0 Å². The maximum atomic E-state index is 12.4. The second kappa shape index (κ2) is 8.36. The lowest BCUT2D eigenvalue weighted by Gasteiger charge is -2.37. The molecule has 3 rings (SSSR count). The Kier molecular flexibility index (Phi) is 5.93. The van der Waals surface area contributed by atoms with E-state index in [2.05, 4.69) is 42.3 Å². The standard InChI is InChI=1S/C20H25N3O2S/c1-15-5-3-7-18(16(15)2)22-8-10-23(11-9-22)20(25)14-21-19(24)13-17-6-4-12-26-17/h3-7,12H,8-11,13-14H2,1-2H3,(H,21,24). The van der Waals surface area contributed by atoms with E-state index >= 15 is 0 Å².